The number of carbonyl (C=O) groups is 2. The maximum absolute atomic E-state index is 12.1. The van der Waals surface area contributed by atoms with Gasteiger partial charge in [-0.15, -0.1) is 11.3 Å². The van der Waals surface area contributed by atoms with Crippen molar-refractivity contribution < 1.29 is 19.8 Å². The summed E-state index contributed by atoms with van der Waals surface area (Å²) in [6.45, 7) is 1.47. The number of likely N-dealkylation sites (tertiary alicyclic amines) is 1. The molecule has 2 unspecified atom stereocenters. The highest BCUT2D eigenvalue weighted by molar-refractivity contribution is 7.10. The normalized spacial score (nSPS) is 16.2. The van der Waals surface area contributed by atoms with Crippen molar-refractivity contribution in [3.8, 4) is 0 Å². The first-order valence-corrected chi connectivity index (χ1v) is 12.9. The van der Waals surface area contributed by atoms with Gasteiger partial charge >= 0.3 is 0 Å². The van der Waals surface area contributed by atoms with Crippen LogP contribution in [0.1, 0.15) is 35.3 Å². The molecule has 4 rings (SSSR count). The van der Waals surface area contributed by atoms with Crippen molar-refractivity contribution in [1.82, 2.24) is 10.2 Å². The first kappa shape index (κ1) is 26.6. The zero-order valence-corrected chi connectivity index (χ0v) is 20.7. The van der Waals surface area contributed by atoms with Crippen LogP contribution in [0.3, 0.4) is 0 Å². The van der Waals surface area contributed by atoms with E-state index >= 15 is 0 Å². The number of carbonyl (C=O) groups excluding carboxylic acids is 2. The van der Waals surface area contributed by atoms with Gasteiger partial charge < -0.3 is 20.4 Å². The van der Waals surface area contributed by atoms with Gasteiger partial charge in [0.15, 0.2) is 12.2 Å². The van der Waals surface area contributed by atoms with E-state index in [2.05, 4.69) is 53.2 Å². The van der Waals surface area contributed by atoms with Crippen molar-refractivity contribution in [3.63, 3.8) is 0 Å². The summed E-state index contributed by atoms with van der Waals surface area (Å²) in [6, 6.07) is 12.3. The second kappa shape index (κ2) is 14.4. The maximum Gasteiger partial charge on any atom is 0.254 e. The zero-order valence-electron chi connectivity index (χ0n) is 19.9. The molecule has 3 N–H and O–H groups in total. The lowest BCUT2D eigenvalue weighted by Crippen LogP contribution is -2.50. The molecule has 1 aliphatic carbocycles. The summed E-state index contributed by atoms with van der Waals surface area (Å²) >= 11 is 1.63. The third kappa shape index (κ3) is 8.94. The molecule has 0 spiro atoms. The van der Waals surface area contributed by atoms with E-state index in [1.165, 1.54) is 16.0 Å². The second-order valence-corrected chi connectivity index (χ2v) is 9.52. The quantitative estimate of drug-likeness (QED) is 0.525. The molecule has 7 heteroatoms. The Kier molecular flexibility index (Phi) is 11.0. The molecular weight excluding hydrogens is 460 g/mol. The Balaban J connectivity index is 0.000000420. The summed E-state index contributed by atoms with van der Waals surface area (Å²) in [6.07, 6.45) is 13.3. The number of rotatable bonds is 8. The van der Waals surface area contributed by atoms with Gasteiger partial charge in [0.25, 0.3) is 11.8 Å². The first-order valence-electron chi connectivity index (χ1n) is 12.1. The van der Waals surface area contributed by atoms with Gasteiger partial charge in [-0.25, -0.2) is 0 Å². The number of allylic oxidation sites excluding steroid dienone is 6. The van der Waals surface area contributed by atoms with E-state index < -0.39 is 24.0 Å². The van der Waals surface area contributed by atoms with E-state index in [0.29, 0.717) is 26.1 Å². The summed E-state index contributed by atoms with van der Waals surface area (Å²) in [5.74, 6) is -1.30. The van der Waals surface area contributed by atoms with E-state index in [-0.39, 0.29) is 0 Å². The summed E-state index contributed by atoms with van der Waals surface area (Å²) in [7, 11) is 0. The summed E-state index contributed by atoms with van der Waals surface area (Å²) in [5, 5.41) is 24.7. The molecule has 186 valence electrons. The molecule has 2 atom stereocenters. The molecule has 1 aromatic heterocycles. The number of amides is 2. The molecule has 1 aliphatic heterocycles. The molecule has 6 nitrogen and oxygen atoms in total. The molecule has 0 bridgehead atoms. The number of nitrogens with one attached hydrogen (secondary N) is 1. The molecule has 2 aromatic rings. The fraction of sp³-hybridized carbons (Fsp3) is 0.357. The predicted molar refractivity (Wildman–Crippen MR) is 140 cm³/mol. The van der Waals surface area contributed by atoms with Crippen LogP contribution in [0.5, 0.6) is 0 Å². The average Bonchev–Trinajstić information content (AvgIpc) is 3.48. The van der Waals surface area contributed by atoms with E-state index in [4.69, 9.17) is 0 Å². The van der Waals surface area contributed by atoms with Crippen LogP contribution in [0.4, 0.5) is 0 Å². The molecule has 1 saturated heterocycles. The Labute approximate surface area is 211 Å². The largest absolute Gasteiger partial charge is 0.380 e. The fourth-order valence-electron chi connectivity index (χ4n) is 3.82. The number of hydrogen-bond donors (Lipinski definition) is 3. The number of thiophene rings is 1. The van der Waals surface area contributed by atoms with Gasteiger partial charge in [0.05, 0.1) is 0 Å². The van der Waals surface area contributed by atoms with Crippen LogP contribution in [0.2, 0.25) is 0 Å². The minimum atomic E-state index is -1.75. The summed E-state index contributed by atoms with van der Waals surface area (Å²) < 4.78 is 0. The predicted octanol–water partition coefficient (Wildman–Crippen LogP) is 3.40. The van der Waals surface area contributed by atoms with E-state index in [9.17, 15) is 19.8 Å². The third-order valence-corrected chi connectivity index (χ3v) is 6.79. The number of benzene rings is 1. The monoisotopic (exact) mass is 494 g/mol. The van der Waals surface area contributed by atoms with Gasteiger partial charge in [-0.2, -0.15) is 0 Å². The van der Waals surface area contributed by atoms with Crippen LogP contribution in [0.25, 0.3) is 0 Å². The Morgan fingerprint density at radius 1 is 0.943 bits per heavy atom. The van der Waals surface area contributed by atoms with Crippen LogP contribution in [0.15, 0.2) is 78.2 Å². The molecule has 0 saturated carbocycles. The smallest absolute Gasteiger partial charge is 0.254 e. The molecule has 1 fully saturated rings. The van der Waals surface area contributed by atoms with Crippen molar-refractivity contribution in [3.05, 3.63) is 94.2 Å². The van der Waals surface area contributed by atoms with Crippen LogP contribution < -0.4 is 5.32 Å². The zero-order chi connectivity index (χ0) is 24.9. The summed E-state index contributed by atoms with van der Waals surface area (Å²) in [5.41, 5.74) is 2.48. The highest BCUT2D eigenvalue weighted by Gasteiger charge is 2.34. The second-order valence-electron chi connectivity index (χ2n) is 8.52. The highest BCUT2D eigenvalue weighted by atomic mass is 32.1. The van der Waals surface area contributed by atoms with Crippen molar-refractivity contribution in [2.75, 3.05) is 19.6 Å². The van der Waals surface area contributed by atoms with Crippen molar-refractivity contribution >= 4 is 23.2 Å². The molecular formula is C28H34N2O4S. The lowest BCUT2D eigenvalue weighted by Gasteiger charge is -2.22. The van der Waals surface area contributed by atoms with Gasteiger partial charge in [0, 0.05) is 24.5 Å². The lowest BCUT2D eigenvalue weighted by atomic mass is 10.1. The van der Waals surface area contributed by atoms with Gasteiger partial charge in [0.1, 0.15) is 0 Å². The fourth-order valence-corrected chi connectivity index (χ4v) is 4.71. The third-order valence-electron chi connectivity index (χ3n) is 5.75. The van der Waals surface area contributed by atoms with Crippen LogP contribution in [0, 0.1) is 0 Å². The lowest BCUT2D eigenvalue weighted by molar-refractivity contribution is -0.152. The molecule has 2 heterocycles. The van der Waals surface area contributed by atoms with E-state index in [0.717, 1.165) is 30.6 Å². The summed E-state index contributed by atoms with van der Waals surface area (Å²) in [4.78, 5) is 26.7. The first-order chi connectivity index (χ1) is 17.0. The molecule has 2 aliphatic rings. The number of aliphatic hydroxyl groups excluding tert-OH is 2. The standard InChI is InChI=1S/C21H26N2O4S.C7H8/c24-18(19(25)21(27)23-10-4-5-11-23)20(26)22-9-8-17-13-16(14-28-17)12-15-6-2-1-3-7-15;1-2-4-6-7-5-3-1/h1-3,6-7,13-14,18-19,24-25H,4-5,8-12H2,(H,22,26);1-6H,7H2. The van der Waals surface area contributed by atoms with Crippen LogP contribution >= 0.6 is 11.3 Å². The van der Waals surface area contributed by atoms with Crippen LogP contribution in [-0.2, 0) is 22.4 Å². The van der Waals surface area contributed by atoms with E-state index in [1.807, 2.05) is 30.4 Å². The molecule has 2 amide bonds. The number of nitrogens with zero attached hydrogens (tertiary/aromatic N) is 1. The van der Waals surface area contributed by atoms with Gasteiger partial charge in [-0.05, 0) is 54.7 Å². The topological polar surface area (TPSA) is 89.9 Å². The molecule has 35 heavy (non-hydrogen) atoms. The maximum atomic E-state index is 12.1. The Morgan fingerprint density at radius 3 is 2.31 bits per heavy atom. The minimum absolute atomic E-state index is 0.339. The Morgan fingerprint density at radius 2 is 1.63 bits per heavy atom. The number of hydrogen-bond acceptors (Lipinski definition) is 5. The van der Waals surface area contributed by atoms with Crippen molar-refractivity contribution in [2.24, 2.45) is 0 Å². The Hall–Kier alpha value is -3.00. The van der Waals surface area contributed by atoms with Gasteiger partial charge in [0.2, 0.25) is 0 Å². The van der Waals surface area contributed by atoms with Crippen molar-refractivity contribution in [2.45, 2.75) is 44.3 Å². The van der Waals surface area contributed by atoms with Crippen molar-refractivity contribution in [1.29, 1.82) is 0 Å². The highest BCUT2D eigenvalue weighted by Crippen LogP contribution is 2.18. The SMILES string of the molecule is C1=CC=CCC=C1.O=C(NCCc1cc(Cc2ccccc2)cs1)C(O)C(O)C(=O)N1CCCC1. The number of aliphatic hydroxyl groups is 2. The van der Waals surface area contributed by atoms with E-state index in [1.54, 1.807) is 11.3 Å². The van der Waals surface area contributed by atoms with Gasteiger partial charge in [-0.3, -0.25) is 9.59 Å². The molecule has 0 radical (unpaired) electrons. The minimum Gasteiger partial charge on any atom is -0.380 e. The Bertz CT molecular complexity index is 1010. The average molecular weight is 495 g/mol. The van der Waals surface area contributed by atoms with Gasteiger partial charge in [-0.1, -0.05) is 66.8 Å². The van der Waals surface area contributed by atoms with Crippen LogP contribution in [-0.4, -0.2) is 58.8 Å². The molecule has 1 aromatic carbocycles.